The van der Waals surface area contributed by atoms with Gasteiger partial charge >= 0.3 is 0 Å². The van der Waals surface area contributed by atoms with E-state index >= 15 is 0 Å². The second-order valence-electron chi connectivity index (χ2n) is 7.81. The number of likely N-dealkylation sites (tertiary alicyclic amines) is 1. The molecule has 164 valence electrons. The monoisotopic (exact) mass is 424 g/mol. The molecule has 3 rings (SSSR count). The van der Waals surface area contributed by atoms with Crippen LogP contribution in [0, 0.1) is 13.8 Å². The molecule has 0 saturated carbocycles. The lowest BCUT2D eigenvalue weighted by Crippen LogP contribution is -2.32. The van der Waals surface area contributed by atoms with Crippen molar-refractivity contribution < 1.29 is 19.4 Å². The summed E-state index contributed by atoms with van der Waals surface area (Å²) < 4.78 is 5.51. The van der Waals surface area contributed by atoms with Crippen molar-refractivity contribution >= 4 is 17.4 Å². The van der Waals surface area contributed by atoms with Crippen molar-refractivity contribution in [3.05, 3.63) is 58.7 Å². The zero-order valence-corrected chi connectivity index (χ0v) is 18.5. The highest BCUT2D eigenvalue weighted by Gasteiger charge is 2.47. The van der Waals surface area contributed by atoms with Crippen LogP contribution in [0.3, 0.4) is 0 Å². The van der Waals surface area contributed by atoms with Gasteiger partial charge in [-0.3, -0.25) is 9.59 Å². The van der Waals surface area contributed by atoms with Gasteiger partial charge in [0.05, 0.1) is 30.0 Å². The number of rotatable bonds is 7. The third kappa shape index (κ3) is 4.44. The number of hydrogen-bond donors (Lipinski definition) is 1. The molecule has 0 unspecified atom stereocenters. The first-order valence-corrected chi connectivity index (χ1v) is 10.1. The van der Waals surface area contributed by atoms with Crippen LogP contribution in [0.5, 0.6) is 5.75 Å². The molecule has 1 aromatic heterocycles. The van der Waals surface area contributed by atoms with Gasteiger partial charge in [-0.25, -0.2) is 9.97 Å². The van der Waals surface area contributed by atoms with Crippen molar-refractivity contribution in [1.82, 2.24) is 19.8 Å². The molecule has 1 saturated heterocycles. The lowest BCUT2D eigenvalue weighted by molar-refractivity contribution is -0.140. The summed E-state index contributed by atoms with van der Waals surface area (Å²) in [4.78, 5) is 38.0. The van der Waals surface area contributed by atoms with E-state index in [4.69, 9.17) is 4.74 Å². The number of aryl methyl sites for hydroxylation is 2. The second kappa shape index (κ2) is 9.26. The van der Waals surface area contributed by atoms with Crippen LogP contribution in [0.25, 0.3) is 5.76 Å². The summed E-state index contributed by atoms with van der Waals surface area (Å²) in [5.74, 6) is -0.545. The average molecular weight is 425 g/mol. The van der Waals surface area contributed by atoms with Crippen molar-refractivity contribution in [2.75, 3.05) is 34.3 Å². The Hall–Kier alpha value is -3.26. The number of ketones is 1. The molecular formula is C23H28N4O4. The molecule has 0 radical (unpaired) electrons. The second-order valence-corrected chi connectivity index (χ2v) is 7.81. The van der Waals surface area contributed by atoms with Gasteiger partial charge in [0.25, 0.3) is 11.7 Å². The van der Waals surface area contributed by atoms with E-state index in [1.165, 1.54) is 18.2 Å². The first-order chi connectivity index (χ1) is 14.8. The number of carbonyl (C=O) groups excluding carboxylic acids is 2. The van der Waals surface area contributed by atoms with E-state index in [9.17, 15) is 14.7 Å². The highest BCUT2D eigenvalue weighted by molar-refractivity contribution is 6.46. The standard InChI is InChI=1S/C23H28N4O4/c1-14-17(13-24-15(2)25-14)21(28)19-20(16-9-6-7-10-18(16)31-5)27(23(30)22(19)29)12-8-11-26(3)4/h6-7,9-10,13,20,28H,8,11-12H2,1-5H3/t20-/m1/s1. The summed E-state index contributed by atoms with van der Waals surface area (Å²) in [6, 6.07) is 6.45. The number of para-hydroxylation sites is 1. The zero-order valence-electron chi connectivity index (χ0n) is 18.5. The van der Waals surface area contributed by atoms with Gasteiger partial charge in [0.2, 0.25) is 0 Å². The normalized spacial score (nSPS) is 18.1. The van der Waals surface area contributed by atoms with Gasteiger partial charge in [-0.05, 0) is 47.0 Å². The van der Waals surface area contributed by atoms with Crippen molar-refractivity contribution in [1.29, 1.82) is 0 Å². The van der Waals surface area contributed by atoms with E-state index in [1.54, 1.807) is 26.0 Å². The number of carbonyl (C=O) groups is 2. The molecule has 1 aromatic carbocycles. The molecule has 0 bridgehead atoms. The van der Waals surface area contributed by atoms with Gasteiger partial charge in [-0.1, -0.05) is 18.2 Å². The minimum absolute atomic E-state index is 0.0231. The Bertz CT molecular complexity index is 1030. The molecule has 31 heavy (non-hydrogen) atoms. The van der Waals surface area contributed by atoms with E-state index in [2.05, 4.69) is 9.97 Å². The van der Waals surface area contributed by atoms with Crippen LogP contribution in [0.1, 0.15) is 35.1 Å². The number of nitrogens with zero attached hydrogens (tertiary/aromatic N) is 4. The number of methoxy groups -OCH3 is 1. The predicted molar refractivity (Wildman–Crippen MR) is 117 cm³/mol. The van der Waals surface area contributed by atoms with Crippen LogP contribution in [0.4, 0.5) is 0 Å². The zero-order chi connectivity index (χ0) is 22.7. The predicted octanol–water partition coefficient (Wildman–Crippen LogP) is 2.48. The van der Waals surface area contributed by atoms with Gasteiger partial charge in [-0.15, -0.1) is 0 Å². The van der Waals surface area contributed by atoms with E-state index in [0.717, 1.165) is 6.54 Å². The number of aliphatic hydroxyl groups excluding tert-OH is 1. The summed E-state index contributed by atoms with van der Waals surface area (Å²) in [6.07, 6.45) is 2.16. The molecule has 8 heteroatoms. The van der Waals surface area contributed by atoms with Gasteiger partial charge in [0.1, 0.15) is 17.3 Å². The highest BCUT2D eigenvalue weighted by Crippen LogP contribution is 2.42. The van der Waals surface area contributed by atoms with Gasteiger partial charge < -0.3 is 19.6 Å². The van der Waals surface area contributed by atoms with Crippen LogP contribution in [0.15, 0.2) is 36.0 Å². The van der Waals surface area contributed by atoms with E-state index in [0.29, 0.717) is 41.4 Å². The number of amides is 1. The maximum Gasteiger partial charge on any atom is 0.295 e. The molecule has 1 aliphatic heterocycles. The number of aliphatic hydroxyl groups is 1. The Morgan fingerprint density at radius 1 is 1.23 bits per heavy atom. The lowest BCUT2D eigenvalue weighted by atomic mass is 9.94. The minimum Gasteiger partial charge on any atom is -0.507 e. The Balaban J connectivity index is 2.17. The first-order valence-electron chi connectivity index (χ1n) is 10.1. The molecule has 1 aliphatic rings. The fourth-order valence-electron chi connectivity index (χ4n) is 3.84. The summed E-state index contributed by atoms with van der Waals surface area (Å²) in [6.45, 7) is 4.60. The largest absolute Gasteiger partial charge is 0.507 e. The van der Waals surface area contributed by atoms with Crippen LogP contribution >= 0.6 is 0 Å². The van der Waals surface area contributed by atoms with Gasteiger partial charge in [-0.2, -0.15) is 0 Å². The third-order valence-corrected chi connectivity index (χ3v) is 5.33. The number of ether oxygens (including phenoxy) is 1. The van der Waals surface area contributed by atoms with Crippen LogP contribution in [-0.2, 0) is 9.59 Å². The summed E-state index contributed by atoms with van der Waals surface area (Å²) in [5.41, 5.74) is 1.52. The quantitative estimate of drug-likeness (QED) is 0.414. The molecule has 2 aromatic rings. The maximum atomic E-state index is 13.1. The topological polar surface area (TPSA) is 95.9 Å². The van der Waals surface area contributed by atoms with Crippen molar-refractivity contribution in [2.24, 2.45) is 0 Å². The maximum absolute atomic E-state index is 13.1. The Labute approximate surface area is 182 Å². The smallest absolute Gasteiger partial charge is 0.295 e. The van der Waals surface area contributed by atoms with E-state index in [-0.39, 0.29) is 11.3 Å². The molecule has 0 spiro atoms. The summed E-state index contributed by atoms with van der Waals surface area (Å²) in [5, 5.41) is 11.2. The van der Waals surface area contributed by atoms with Gasteiger partial charge in [0, 0.05) is 18.3 Å². The number of benzene rings is 1. The first kappa shape index (κ1) is 22.4. The Kier molecular flexibility index (Phi) is 6.70. The van der Waals surface area contributed by atoms with Gasteiger partial charge in [0.15, 0.2) is 0 Å². The Morgan fingerprint density at radius 3 is 2.58 bits per heavy atom. The fourth-order valence-corrected chi connectivity index (χ4v) is 3.84. The van der Waals surface area contributed by atoms with Crippen LogP contribution in [0.2, 0.25) is 0 Å². The Morgan fingerprint density at radius 2 is 1.94 bits per heavy atom. The molecule has 0 aliphatic carbocycles. The molecular weight excluding hydrogens is 396 g/mol. The molecule has 1 amide bonds. The van der Waals surface area contributed by atoms with Crippen molar-refractivity contribution in [3.63, 3.8) is 0 Å². The van der Waals surface area contributed by atoms with Crippen molar-refractivity contribution in [3.8, 4) is 5.75 Å². The number of aromatic nitrogens is 2. The molecule has 1 fully saturated rings. The lowest BCUT2D eigenvalue weighted by Gasteiger charge is -2.27. The number of hydrogen-bond acceptors (Lipinski definition) is 7. The molecule has 1 atom stereocenters. The summed E-state index contributed by atoms with van der Waals surface area (Å²) in [7, 11) is 5.44. The van der Waals surface area contributed by atoms with Crippen LogP contribution in [-0.4, -0.2) is 70.9 Å². The summed E-state index contributed by atoms with van der Waals surface area (Å²) >= 11 is 0. The average Bonchev–Trinajstić information content (AvgIpc) is 2.98. The molecule has 8 nitrogen and oxygen atoms in total. The van der Waals surface area contributed by atoms with E-state index < -0.39 is 17.7 Å². The number of Topliss-reactive ketones (excluding diaryl/α,β-unsaturated/α-hetero) is 1. The van der Waals surface area contributed by atoms with Crippen molar-refractivity contribution in [2.45, 2.75) is 26.3 Å². The fraction of sp³-hybridized carbons (Fsp3) is 0.391. The molecule has 1 N–H and O–H groups in total. The third-order valence-electron chi connectivity index (χ3n) is 5.33. The van der Waals surface area contributed by atoms with Crippen LogP contribution < -0.4 is 4.74 Å². The molecule has 2 heterocycles. The SMILES string of the molecule is COc1ccccc1[C@@H]1C(=C(O)c2cnc(C)nc2C)C(=O)C(=O)N1CCCN(C)C. The minimum atomic E-state index is -0.765. The highest BCUT2D eigenvalue weighted by atomic mass is 16.5. The van der Waals surface area contributed by atoms with E-state index in [1.807, 2.05) is 31.1 Å².